The molecule has 1 aromatic carbocycles. The number of halogens is 3. The van der Waals surface area contributed by atoms with Gasteiger partial charge in [0.2, 0.25) is 0 Å². The maximum atomic E-state index is 14.1. The summed E-state index contributed by atoms with van der Waals surface area (Å²) in [6, 6.07) is 4.15. The SMILES string of the molecule is Cl.Fc1ccc([C@H](C2CCC2)N2CCNCC2)c(F)c1. The van der Waals surface area contributed by atoms with E-state index < -0.39 is 11.6 Å². The predicted octanol–water partition coefficient (Wildman–Crippen LogP) is 3.13. The molecule has 1 N–H and O–H groups in total. The maximum absolute atomic E-state index is 14.1. The molecule has 0 amide bonds. The molecule has 1 heterocycles. The van der Waals surface area contributed by atoms with Gasteiger partial charge in [0.15, 0.2) is 0 Å². The first-order valence-electron chi connectivity index (χ1n) is 7.15. The molecule has 1 aliphatic carbocycles. The normalized spacial score (nSPS) is 21.9. The van der Waals surface area contributed by atoms with Gasteiger partial charge in [0.25, 0.3) is 0 Å². The van der Waals surface area contributed by atoms with Gasteiger partial charge in [-0.1, -0.05) is 12.5 Å². The van der Waals surface area contributed by atoms with Crippen LogP contribution in [0.5, 0.6) is 0 Å². The Kier molecular flexibility index (Phi) is 5.35. The highest BCUT2D eigenvalue weighted by molar-refractivity contribution is 5.85. The van der Waals surface area contributed by atoms with Crippen LogP contribution in [0, 0.1) is 17.6 Å². The highest BCUT2D eigenvalue weighted by atomic mass is 35.5. The lowest BCUT2D eigenvalue weighted by Crippen LogP contribution is -2.48. The summed E-state index contributed by atoms with van der Waals surface area (Å²) in [5, 5.41) is 3.32. The number of hydrogen-bond donors (Lipinski definition) is 1. The Morgan fingerprint density at radius 2 is 1.85 bits per heavy atom. The Bertz CT molecular complexity index is 445. The van der Waals surface area contributed by atoms with Crippen LogP contribution in [-0.4, -0.2) is 31.1 Å². The van der Waals surface area contributed by atoms with Crippen LogP contribution >= 0.6 is 12.4 Å². The Labute approximate surface area is 124 Å². The van der Waals surface area contributed by atoms with Crippen molar-refractivity contribution in [2.75, 3.05) is 26.2 Å². The molecule has 0 aromatic heterocycles. The molecule has 1 atom stereocenters. The lowest BCUT2D eigenvalue weighted by atomic mass is 9.76. The van der Waals surface area contributed by atoms with Crippen molar-refractivity contribution in [1.29, 1.82) is 0 Å². The third-order valence-electron chi connectivity index (χ3n) is 4.42. The summed E-state index contributed by atoms with van der Waals surface area (Å²) < 4.78 is 27.2. The van der Waals surface area contributed by atoms with Crippen molar-refractivity contribution in [3.8, 4) is 0 Å². The Morgan fingerprint density at radius 3 is 2.40 bits per heavy atom. The number of nitrogens with zero attached hydrogens (tertiary/aromatic N) is 1. The molecular formula is C15H21ClF2N2. The third kappa shape index (κ3) is 3.13. The summed E-state index contributed by atoms with van der Waals surface area (Å²) in [4.78, 5) is 2.36. The van der Waals surface area contributed by atoms with Crippen molar-refractivity contribution in [3.05, 3.63) is 35.4 Å². The Morgan fingerprint density at radius 1 is 1.15 bits per heavy atom. The summed E-state index contributed by atoms with van der Waals surface area (Å²) >= 11 is 0. The van der Waals surface area contributed by atoms with Crippen molar-refractivity contribution in [2.45, 2.75) is 25.3 Å². The molecule has 2 nitrogen and oxygen atoms in total. The average molecular weight is 303 g/mol. The van der Waals surface area contributed by atoms with Gasteiger partial charge in [-0.15, -0.1) is 12.4 Å². The second kappa shape index (κ2) is 6.83. The average Bonchev–Trinajstić information content (AvgIpc) is 2.35. The number of nitrogens with one attached hydrogen (secondary N) is 1. The van der Waals surface area contributed by atoms with Crippen molar-refractivity contribution >= 4 is 12.4 Å². The molecule has 5 heteroatoms. The standard InChI is InChI=1S/C15H20F2N2.ClH/c16-12-4-5-13(14(17)10-12)15(11-2-1-3-11)19-8-6-18-7-9-19;/h4-5,10-11,15,18H,1-3,6-9H2;1H/t15-;/m0./s1. The molecule has 0 radical (unpaired) electrons. The summed E-state index contributed by atoms with van der Waals surface area (Å²) in [6.45, 7) is 3.79. The van der Waals surface area contributed by atoms with Gasteiger partial charge in [-0.05, 0) is 24.8 Å². The van der Waals surface area contributed by atoms with Crippen molar-refractivity contribution in [3.63, 3.8) is 0 Å². The summed E-state index contributed by atoms with van der Waals surface area (Å²) in [5.74, 6) is -0.359. The Balaban J connectivity index is 0.00000147. The number of rotatable bonds is 3. The molecule has 2 aliphatic rings. The fourth-order valence-electron chi connectivity index (χ4n) is 3.21. The van der Waals surface area contributed by atoms with E-state index in [9.17, 15) is 8.78 Å². The molecule has 0 unspecified atom stereocenters. The van der Waals surface area contributed by atoms with E-state index in [-0.39, 0.29) is 18.4 Å². The smallest absolute Gasteiger partial charge is 0.130 e. The number of benzene rings is 1. The summed E-state index contributed by atoms with van der Waals surface area (Å²) in [6.07, 6.45) is 3.55. The molecule has 0 spiro atoms. The van der Waals surface area contributed by atoms with Gasteiger partial charge in [-0.25, -0.2) is 8.78 Å². The minimum Gasteiger partial charge on any atom is -0.314 e. The molecule has 112 valence electrons. The van der Waals surface area contributed by atoms with E-state index >= 15 is 0 Å². The number of hydrogen-bond acceptors (Lipinski definition) is 2. The molecule has 1 aromatic rings. The largest absolute Gasteiger partial charge is 0.314 e. The van der Waals surface area contributed by atoms with Gasteiger partial charge in [-0.3, -0.25) is 4.90 Å². The van der Waals surface area contributed by atoms with Crippen LogP contribution < -0.4 is 5.32 Å². The summed E-state index contributed by atoms with van der Waals surface area (Å²) in [7, 11) is 0. The van der Waals surface area contributed by atoms with E-state index in [1.54, 1.807) is 6.07 Å². The maximum Gasteiger partial charge on any atom is 0.130 e. The van der Waals surface area contributed by atoms with Crippen LogP contribution in [-0.2, 0) is 0 Å². The quantitative estimate of drug-likeness (QED) is 0.923. The van der Waals surface area contributed by atoms with Crippen molar-refractivity contribution in [2.24, 2.45) is 5.92 Å². The fourth-order valence-corrected chi connectivity index (χ4v) is 3.21. The van der Waals surface area contributed by atoms with Gasteiger partial charge >= 0.3 is 0 Å². The monoisotopic (exact) mass is 302 g/mol. The predicted molar refractivity (Wildman–Crippen MR) is 78.1 cm³/mol. The van der Waals surface area contributed by atoms with Gasteiger partial charge in [0.05, 0.1) is 0 Å². The summed E-state index contributed by atoms with van der Waals surface area (Å²) in [5.41, 5.74) is 0.674. The van der Waals surface area contributed by atoms with E-state index in [2.05, 4.69) is 10.2 Å². The van der Waals surface area contributed by atoms with Gasteiger partial charge in [0.1, 0.15) is 11.6 Å². The van der Waals surface area contributed by atoms with Crippen molar-refractivity contribution < 1.29 is 8.78 Å². The molecule has 0 bridgehead atoms. The minimum absolute atomic E-state index is 0. The minimum atomic E-state index is -0.492. The van der Waals surface area contributed by atoms with Gasteiger partial charge < -0.3 is 5.32 Å². The molecule has 1 saturated carbocycles. The first kappa shape index (κ1) is 15.7. The second-order valence-electron chi connectivity index (χ2n) is 5.59. The van der Waals surface area contributed by atoms with Crippen LogP contribution in [0.2, 0.25) is 0 Å². The van der Waals surface area contributed by atoms with E-state index in [0.717, 1.165) is 45.1 Å². The van der Waals surface area contributed by atoms with Crippen LogP contribution in [0.4, 0.5) is 8.78 Å². The fraction of sp³-hybridized carbons (Fsp3) is 0.600. The van der Waals surface area contributed by atoms with E-state index in [4.69, 9.17) is 0 Å². The molecular weight excluding hydrogens is 282 g/mol. The van der Waals surface area contributed by atoms with Gasteiger partial charge in [0, 0.05) is 43.9 Å². The first-order chi connectivity index (χ1) is 9.25. The zero-order valence-corrected chi connectivity index (χ0v) is 12.3. The molecule has 1 saturated heterocycles. The third-order valence-corrected chi connectivity index (χ3v) is 4.42. The van der Waals surface area contributed by atoms with Crippen LogP contribution in [0.25, 0.3) is 0 Å². The van der Waals surface area contributed by atoms with E-state index in [1.807, 2.05) is 0 Å². The lowest BCUT2D eigenvalue weighted by Gasteiger charge is -2.43. The van der Waals surface area contributed by atoms with E-state index in [1.165, 1.54) is 12.5 Å². The number of piperazine rings is 1. The zero-order chi connectivity index (χ0) is 13.2. The molecule has 1 aliphatic heterocycles. The van der Waals surface area contributed by atoms with Crippen molar-refractivity contribution in [1.82, 2.24) is 10.2 Å². The highest BCUT2D eigenvalue weighted by Gasteiger charge is 2.35. The van der Waals surface area contributed by atoms with Gasteiger partial charge in [-0.2, -0.15) is 0 Å². The zero-order valence-electron chi connectivity index (χ0n) is 11.4. The molecule has 2 fully saturated rings. The van der Waals surface area contributed by atoms with Crippen LogP contribution in [0.3, 0.4) is 0 Å². The topological polar surface area (TPSA) is 15.3 Å². The van der Waals surface area contributed by atoms with Crippen LogP contribution in [0.1, 0.15) is 30.9 Å². The van der Waals surface area contributed by atoms with Crippen LogP contribution in [0.15, 0.2) is 18.2 Å². The molecule has 20 heavy (non-hydrogen) atoms. The first-order valence-corrected chi connectivity index (χ1v) is 7.15. The van der Waals surface area contributed by atoms with E-state index in [0.29, 0.717) is 11.5 Å². The lowest BCUT2D eigenvalue weighted by molar-refractivity contribution is 0.0811. The Hall–Kier alpha value is -0.710. The highest BCUT2D eigenvalue weighted by Crippen LogP contribution is 2.42. The second-order valence-corrected chi connectivity index (χ2v) is 5.59. The molecule has 3 rings (SSSR count).